The van der Waals surface area contributed by atoms with Crippen LogP contribution < -0.4 is 5.73 Å². The van der Waals surface area contributed by atoms with Crippen molar-refractivity contribution < 1.29 is 14.1 Å². The largest absolute Gasteiger partial charge is 0.393 e. The number of carbonyl (C=O) groups excluding carboxylic acids is 1. The van der Waals surface area contributed by atoms with Crippen molar-refractivity contribution in [2.45, 2.75) is 13.0 Å². The Kier molecular flexibility index (Phi) is 5.66. The minimum atomic E-state index is -0.847. The molecule has 0 aromatic heterocycles. The molecule has 0 unspecified atom stereocenters. The molecule has 0 radical (unpaired) electrons. The Balaban J connectivity index is 1.72. The highest BCUT2D eigenvalue weighted by atomic mass is 19.1. The lowest BCUT2D eigenvalue weighted by Crippen LogP contribution is -2.35. The molecule has 2 aromatic rings. The number of hydrogen-bond acceptors (Lipinski definition) is 5. The number of hydrogen-bond donors (Lipinski definition) is 1. The first kappa shape index (κ1) is 18.8. The summed E-state index contributed by atoms with van der Waals surface area (Å²) in [6.07, 6.45) is 0.760. The SMILES string of the molecule is Nc1c(C(=O)N2CCCN(Cc3ccccc3)CC2)cc(F)cc1[N+](=O)[O-]. The standard InChI is InChI=1S/C19H21FN4O3/c20-15-11-16(18(21)17(12-15)24(26)27)19(25)23-8-4-7-22(9-10-23)13-14-5-2-1-3-6-14/h1-3,5-6,11-12H,4,7-10,13,21H2. The van der Waals surface area contributed by atoms with E-state index in [0.717, 1.165) is 31.6 Å². The van der Waals surface area contributed by atoms with E-state index in [1.165, 1.54) is 5.56 Å². The van der Waals surface area contributed by atoms with Crippen LogP contribution in [0.25, 0.3) is 0 Å². The average Bonchev–Trinajstić information content (AvgIpc) is 2.89. The quantitative estimate of drug-likeness (QED) is 0.506. The third-order valence-corrected chi connectivity index (χ3v) is 4.67. The number of amides is 1. The van der Waals surface area contributed by atoms with Crippen LogP contribution in [-0.4, -0.2) is 46.8 Å². The van der Waals surface area contributed by atoms with E-state index in [2.05, 4.69) is 17.0 Å². The molecule has 1 saturated heterocycles. The molecule has 27 heavy (non-hydrogen) atoms. The van der Waals surface area contributed by atoms with Gasteiger partial charge in [-0.05, 0) is 18.1 Å². The highest BCUT2D eigenvalue weighted by Crippen LogP contribution is 2.28. The fourth-order valence-corrected chi connectivity index (χ4v) is 3.28. The predicted molar refractivity (Wildman–Crippen MR) is 99.7 cm³/mol. The summed E-state index contributed by atoms with van der Waals surface area (Å²) in [6, 6.07) is 11.8. The number of nitro groups is 1. The predicted octanol–water partition coefficient (Wildman–Crippen LogP) is 2.66. The van der Waals surface area contributed by atoms with E-state index >= 15 is 0 Å². The number of nitrogens with zero attached hydrogens (tertiary/aromatic N) is 3. The first-order valence-electron chi connectivity index (χ1n) is 8.74. The van der Waals surface area contributed by atoms with Crippen LogP contribution in [0.5, 0.6) is 0 Å². The summed E-state index contributed by atoms with van der Waals surface area (Å²) in [7, 11) is 0. The molecule has 142 valence electrons. The molecule has 0 spiro atoms. The van der Waals surface area contributed by atoms with Crippen molar-refractivity contribution in [3.05, 3.63) is 69.5 Å². The maximum Gasteiger partial charge on any atom is 0.295 e. The Bertz CT molecular complexity index is 844. The topological polar surface area (TPSA) is 92.7 Å². The summed E-state index contributed by atoms with van der Waals surface area (Å²) >= 11 is 0. The highest BCUT2D eigenvalue weighted by Gasteiger charge is 2.26. The number of nitrogens with two attached hydrogens (primary N) is 1. The summed E-state index contributed by atoms with van der Waals surface area (Å²) in [5, 5.41) is 11.0. The molecule has 3 rings (SSSR count). The summed E-state index contributed by atoms with van der Waals surface area (Å²) in [6.45, 7) is 3.23. The number of carbonyl (C=O) groups is 1. The maximum absolute atomic E-state index is 13.7. The third kappa shape index (κ3) is 4.40. The van der Waals surface area contributed by atoms with Crippen molar-refractivity contribution in [1.29, 1.82) is 0 Å². The summed E-state index contributed by atoms with van der Waals surface area (Å²) in [5.41, 5.74) is 5.93. The van der Waals surface area contributed by atoms with E-state index in [1.54, 1.807) is 4.90 Å². The third-order valence-electron chi connectivity index (χ3n) is 4.67. The monoisotopic (exact) mass is 372 g/mol. The first-order chi connectivity index (χ1) is 13.0. The molecule has 1 fully saturated rings. The van der Waals surface area contributed by atoms with Crippen molar-refractivity contribution in [2.24, 2.45) is 0 Å². The maximum atomic E-state index is 13.7. The van der Waals surface area contributed by atoms with Gasteiger partial charge in [-0.15, -0.1) is 0 Å². The fraction of sp³-hybridized carbons (Fsp3) is 0.316. The summed E-state index contributed by atoms with van der Waals surface area (Å²) < 4.78 is 13.7. The van der Waals surface area contributed by atoms with Crippen LogP contribution in [0.15, 0.2) is 42.5 Å². The lowest BCUT2D eigenvalue weighted by molar-refractivity contribution is -0.384. The zero-order valence-electron chi connectivity index (χ0n) is 14.8. The number of rotatable bonds is 4. The van der Waals surface area contributed by atoms with Gasteiger partial charge in [-0.1, -0.05) is 30.3 Å². The molecule has 2 aromatic carbocycles. The fourth-order valence-electron chi connectivity index (χ4n) is 3.28. The van der Waals surface area contributed by atoms with Gasteiger partial charge in [0.25, 0.3) is 11.6 Å². The second-order valence-electron chi connectivity index (χ2n) is 6.55. The van der Waals surface area contributed by atoms with Crippen molar-refractivity contribution >= 4 is 17.3 Å². The number of anilines is 1. The first-order valence-corrected chi connectivity index (χ1v) is 8.74. The van der Waals surface area contributed by atoms with E-state index in [1.807, 2.05) is 18.2 Å². The van der Waals surface area contributed by atoms with Crippen molar-refractivity contribution in [3.63, 3.8) is 0 Å². The normalized spacial score (nSPS) is 15.4. The number of nitrogen functional groups attached to an aromatic ring is 1. The van der Waals surface area contributed by atoms with Crippen LogP contribution in [-0.2, 0) is 6.54 Å². The van der Waals surface area contributed by atoms with E-state index in [4.69, 9.17) is 5.73 Å². The molecule has 1 aliphatic rings. The zero-order chi connectivity index (χ0) is 19.4. The molecule has 0 saturated carbocycles. The molecule has 7 nitrogen and oxygen atoms in total. The van der Waals surface area contributed by atoms with Gasteiger partial charge in [-0.2, -0.15) is 0 Å². The molecule has 1 amide bonds. The molecular formula is C19H21FN4O3. The zero-order valence-corrected chi connectivity index (χ0v) is 14.8. The van der Waals surface area contributed by atoms with Gasteiger partial charge in [0.2, 0.25) is 0 Å². The molecule has 0 aliphatic carbocycles. The minimum Gasteiger partial charge on any atom is -0.393 e. The van der Waals surface area contributed by atoms with Crippen LogP contribution in [0.3, 0.4) is 0 Å². The van der Waals surface area contributed by atoms with Gasteiger partial charge in [0.05, 0.1) is 16.6 Å². The Morgan fingerprint density at radius 3 is 2.59 bits per heavy atom. The van der Waals surface area contributed by atoms with Crippen LogP contribution >= 0.6 is 0 Å². The van der Waals surface area contributed by atoms with Gasteiger partial charge in [-0.25, -0.2) is 4.39 Å². The molecule has 1 aliphatic heterocycles. The second-order valence-corrected chi connectivity index (χ2v) is 6.55. The van der Waals surface area contributed by atoms with Gasteiger partial charge < -0.3 is 10.6 Å². The smallest absolute Gasteiger partial charge is 0.295 e. The van der Waals surface area contributed by atoms with E-state index < -0.39 is 22.3 Å². The van der Waals surface area contributed by atoms with Crippen molar-refractivity contribution in [1.82, 2.24) is 9.80 Å². The van der Waals surface area contributed by atoms with Gasteiger partial charge in [-0.3, -0.25) is 19.8 Å². The minimum absolute atomic E-state index is 0.154. The van der Waals surface area contributed by atoms with E-state index in [0.29, 0.717) is 19.6 Å². The van der Waals surface area contributed by atoms with Crippen LogP contribution in [0.4, 0.5) is 15.8 Å². The Hall–Kier alpha value is -3.00. The Labute approximate surface area is 156 Å². The van der Waals surface area contributed by atoms with Crippen molar-refractivity contribution in [3.8, 4) is 0 Å². The Morgan fingerprint density at radius 2 is 1.89 bits per heavy atom. The van der Waals surface area contributed by atoms with Gasteiger partial charge in [0.15, 0.2) is 0 Å². The van der Waals surface area contributed by atoms with E-state index in [9.17, 15) is 19.3 Å². The number of nitro benzene ring substituents is 1. The molecule has 8 heteroatoms. The van der Waals surface area contributed by atoms with Crippen LogP contribution in [0.1, 0.15) is 22.3 Å². The van der Waals surface area contributed by atoms with Crippen LogP contribution in [0, 0.1) is 15.9 Å². The second kappa shape index (κ2) is 8.13. The van der Waals surface area contributed by atoms with Gasteiger partial charge in [0, 0.05) is 32.7 Å². The highest BCUT2D eigenvalue weighted by molar-refractivity contribution is 6.01. The van der Waals surface area contributed by atoms with Crippen LogP contribution in [0.2, 0.25) is 0 Å². The molecule has 2 N–H and O–H groups in total. The Morgan fingerprint density at radius 1 is 1.15 bits per heavy atom. The number of halogens is 1. The van der Waals surface area contributed by atoms with Gasteiger partial charge in [0.1, 0.15) is 11.5 Å². The van der Waals surface area contributed by atoms with E-state index in [-0.39, 0.29) is 11.3 Å². The van der Waals surface area contributed by atoms with Crippen molar-refractivity contribution in [2.75, 3.05) is 31.9 Å². The number of benzene rings is 2. The summed E-state index contributed by atoms with van der Waals surface area (Å²) in [4.78, 5) is 26.9. The summed E-state index contributed by atoms with van der Waals surface area (Å²) in [5.74, 6) is -1.32. The molecular weight excluding hydrogens is 351 g/mol. The average molecular weight is 372 g/mol. The lowest BCUT2D eigenvalue weighted by Gasteiger charge is -2.22. The molecule has 0 bridgehead atoms. The van der Waals surface area contributed by atoms with Gasteiger partial charge >= 0.3 is 0 Å². The lowest BCUT2D eigenvalue weighted by atomic mass is 10.1. The molecule has 0 atom stereocenters. The molecule has 1 heterocycles.